The molecule has 0 aromatic rings. The highest BCUT2D eigenvalue weighted by atomic mass is 16.2. The number of likely N-dealkylation sites (tertiary alicyclic amines) is 1. The van der Waals surface area contributed by atoms with E-state index in [1.165, 1.54) is 0 Å². The summed E-state index contributed by atoms with van der Waals surface area (Å²) in [5, 5.41) is 0. The van der Waals surface area contributed by atoms with E-state index in [-0.39, 0.29) is 11.3 Å². The summed E-state index contributed by atoms with van der Waals surface area (Å²) >= 11 is 0. The molecule has 1 heterocycles. The van der Waals surface area contributed by atoms with Crippen LogP contribution >= 0.6 is 0 Å². The third kappa shape index (κ3) is 1.26. The molecule has 0 aromatic heterocycles. The van der Waals surface area contributed by atoms with Gasteiger partial charge in [0.1, 0.15) is 5.78 Å². The van der Waals surface area contributed by atoms with Gasteiger partial charge in [-0.05, 0) is 19.3 Å². The van der Waals surface area contributed by atoms with Crippen molar-refractivity contribution >= 4 is 11.7 Å². The number of hydrogen-bond acceptors (Lipinski definition) is 2. The zero-order chi connectivity index (χ0) is 9.47. The van der Waals surface area contributed by atoms with E-state index in [0.29, 0.717) is 18.6 Å². The molecule has 0 N–H and O–H groups in total. The summed E-state index contributed by atoms with van der Waals surface area (Å²) < 4.78 is 0. The maximum Gasteiger partial charge on any atom is 0.228 e. The molecule has 72 valence electrons. The van der Waals surface area contributed by atoms with Crippen molar-refractivity contribution in [2.24, 2.45) is 5.41 Å². The molecule has 3 heteroatoms. The van der Waals surface area contributed by atoms with Crippen LogP contribution in [0.3, 0.4) is 0 Å². The second kappa shape index (κ2) is 2.82. The molecule has 1 saturated heterocycles. The topological polar surface area (TPSA) is 37.4 Å². The maximum atomic E-state index is 11.8. The molecule has 1 spiro atoms. The largest absolute Gasteiger partial charge is 0.345 e. The summed E-state index contributed by atoms with van der Waals surface area (Å²) in [5.74, 6) is 0.591. The lowest BCUT2D eigenvalue weighted by Crippen LogP contribution is -2.35. The van der Waals surface area contributed by atoms with Gasteiger partial charge in [0.15, 0.2) is 0 Å². The number of amides is 1. The lowest BCUT2D eigenvalue weighted by molar-refractivity contribution is -0.138. The van der Waals surface area contributed by atoms with Crippen molar-refractivity contribution in [2.75, 3.05) is 13.6 Å². The van der Waals surface area contributed by atoms with Gasteiger partial charge in [-0.25, -0.2) is 0 Å². The molecule has 1 saturated carbocycles. The maximum absolute atomic E-state index is 11.8. The van der Waals surface area contributed by atoms with Crippen LogP contribution in [0, 0.1) is 5.41 Å². The Hall–Kier alpha value is -0.860. The minimum Gasteiger partial charge on any atom is -0.345 e. The number of rotatable bonds is 0. The molecular formula is C10H15NO2. The normalized spacial score (nSPS) is 27.3. The van der Waals surface area contributed by atoms with Gasteiger partial charge in [-0.1, -0.05) is 0 Å². The summed E-state index contributed by atoms with van der Waals surface area (Å²) in [6.45, 7) is 0.868. The Balaban J connectivity index is 2.14. The summed E-state index contributed by atoms with van der Waals surface area (Å²) in [4.78, 5) is 24.7. The molecule has 0 aromatic carbocycles. The molecule has 0 unspecified atom stereocenters. The average molecular weight is 181 g/mol. The van der Waals surface area contributed by atoms with E-state index in [1.54, 1.807) is 4.90 Å². The molecular weight excluding hydrogens is 166 g/mol. The van der Waals surface area contributed by atoms with Crippen molar-refractivity contribution in [2.45, 2.75) is 32.1 Å². The summed E-state index contributed by atoms with van der Waals surface area (Å²) in [6.07, 6.45) is 3.75. The molecule has 13 heavy (non-hydrogen) atoms. The van der Waals surface area contributed by atoms with Gasteiger partial charge in [-0.3, -0.25) is 9.59 Å². The minimum absolute atomic E-state index is 0.150. The first-order valence-electron chi connectivity index (χ1n) is 4.91. The Morgan fingerprint density at radius 2 is 1.77 bits per heavy atom. The van der Waals surface area contributed by atoms with Crippen molar-refractivity contribution < 1.29 is 9.59 Å². The molecule has 2 fully saturated rings. The summed E-state index contributed by atoms with van der Waals surface area (Å²) in [6, 6.07) is 0. The van der Waals surface area contributed by atoms with Gasteiger partial charge in [-0.2, -0.15) is 0 Å². The predicted octanol–water partition coefficient (Wildman–Crippen LogP) is 0.978. The van der Waals surface area contributed by atoms with Crippen LogP contribution in [0.1, 0.15) is 32.1 Å². The first-order valence-corrected chi connectivity index (χ1v) is 4.91. The molecule has 3 nitrogen and oxygen atoms in total. The highest BCUT2D eigenvalue weighted by Crippen LogP contribution is 2.43. The van der Waals surface area contributed by atoms with Crippen LogP contribution in [0.2, 0.25) is 0 Å². The first kappa shape index (κ1) is 8.73. The van der Waals surface area contributed by atoms with Gasteiger partial charge in [0.2, 0.25) is 5.91 Å². The second-order valence-corrected chi connectivity index (χ2v) is 4.30. The first-order chi connectivity index (χ1) is 6.14. The summed E-state index contributed by atoms with van der Waals surface area (Å²) in [7, 11) is 1.85. The number of carbonyl (C=O) groups excluding carboxylic acids is 2. The van der Waals surface area contributed by atoms with E-state index >= 15 is 0 Å². The van der Waals surface area contributed by atoms with E-state index in [0.717, 1.165) is 25.8 Å². The lowest BCUT2D eigenvalue weighted by atomic mass is 9.72. The average Bonchev–Trinajstić information content (AvgIpc) is 2.40. The molecule has 1 amide bonds. The van der Waals surface area contributed by atoms with Crippen LogP contribution in [-0.2, 0) is 9.59 Å². The second-order valence-electron chi connectivity index (χ2n) is 4.30. The van der Waals surface area contributed by atoms with Crippen LogP contribution in [0.25, 0.3) is 0 Å². The standard InChI is InChI=1S/C10H15NO2/c1-11-7-6-10(9(11)13)4-2-8(12)3-5-10/h2-7H2,1H3. The van der Waals surface area contributed by atoms with Gasteiger partial charge < -0.3 is 4.90 Å². The SMILES string of the molecule is CN1CCC2(CCC(=O)CC2)C1=O. The molecule has 2 aliphatic rings. The van der Waals surface area contributed by atoms with E-state index in [1.807, 2.05) is 7.05 Å². The van der Waals surface area contributed by atoms with E-state index < -0.39 is 0 Å². The molecule has 2 rings (SSSR count). The van der Waals surface area contributed by atoms with Crippen molar-refractivity contribution in [3.63, 3.8) is 0 Å². The van der Waals surface area contributed by atoms with Gasteiger partial charge >= 0.3 is 0 Å². The molecule has 1 aliphatic carbocycles. The Morgan fingerprint density at radius 3 is 2.23 bits per heavy atom. The Morgan fingerprint density at radius 1 is 1.15 bits per heavy atom. The Bertz CT molecular complexity index is 250. The summed E-state index contributed by atoms with van der Waals surface area (Å²) in [5.41, 5.74) is -0.150. The van der Waals surface area contributed by atoms with Crippen molar-refractivity contribution in [3.05, 3.63) is 0 Å². The van der Waals surface area contributed by atoms with Crippen LogP contribution in [0.4, 0.5) is 0 Å². The van der Waals surface area contributed by atoms with Crippen molar-refractivity contribution in [3.8, 4) is 0 Å². The fourth-order valence-electron chi connectivity index (χ4n) is 2.47. The number of hydrogen-bond donors (Lipinski definition) is 0. The third-order valence-corrected chi connectivity index (χ3v) is 3.49. The van der Waals surface area contributed by atoms with Gasteiger partial charge in [0.25, 0.3) is 0 Å². The van der Waals surface area contributed by atoms with Crippen LogP contribution < -0.4 is 0 Å². The van der Waals surface area contributed by atoms with Gasteiger partial charge in [0, 0.05) is 26.4 Å². The van der Waals surface area contributed by atoms with Crippen molar-refractivity contribution in [1.82, 2.24) is 4.90 Å². The number of nitrogens with zero attached hydrogens (tertiary/aromatic N) is 1. The fraction of sp³-hybridized carbons (Fsp3) is 0.800. The zero-order valence-electron chi connectivity index (χ0n) is 8.01. The highest BCUT2D eigenvalue weighted by Gasteiger charge is 2.46. The van der Waals surface area contributed by atoms with E-state index in [9.17, 15) is 9.59 Å². The van der Waals surface area contributed by atoms with Crippen molar-refractivity contribution in [1.29, 1.82) is 0 Å². The number of ketones is 1. The highest BCUT2D eigenvalue weighted by molar-refractivity contribution is 5.88. The van der Waals surface area contributed by atoms with Crippen LogP contribution in [-0.4, -0.2) is 30.2 Å². The molecule has 0 radical (unpaired) electrons. The third-order valence-electron chi connectivity index (χ3n) is 3.49. The fourth-order valence-corrected chi connectivity index (χ4v) is 2.47. The van der Waals surface area contributed by atoms with Crippen LogP contribution in [0.5, 0.6) is 0 Å². The number of carbonyl (C=O) groups is 2. The quantitative estimate of drug-likeness (QED) is 0.558. The molecule has 0 atom stereocenters. The van der Waals surface area contributed by atoms with Gasteiger partial charge in [-0.15, -0.1) is 0 Å². The Kier molecular flexibility index (Phi) is 1.90. The lowest BCUT2D eigenvalue weighted by Gasteiger charge is -2.30. The predicted molar refractivity (Wildman–Crippen MR) is 48.2 cm³/mol. The van der Waals surface area contributed by atoms with Gasteiger partial charge in [0.05, 0.1) is 5.41 Å². The Labute approximate surface area is 78.1 Å². The van der Waals surface area contributed by atoms with E-state index in [2.05, 4.69) is 0 Å². The molecule has 1 aliphatic heterocycles. The minimum atomic E-state index is -0.150. The van der Waals surface area contributed by atoms with E-state index in [4.69, 9.17) is 0 Å². The molecule has 0 bridgehead atoms. The zero-order valence-corrected chi connectivity index (χ0v) is 8.01. The smallest absolute Gasteiger partial charge is 0.228 e. The number of Topliss-reactive ketones (excluding diaryl/α,β-unsaturated/α-hetero) is 1. The monoisotopic (exact) mass is 181 g/mol. The van der Waals surface area contributed by atoms with Crippen LogP contribution in [0.15, 0.2) is 0 Å².